The molecule has 0 N–H and O–H groups in total. The largest absolute Gasteiger partial charge is 0.306 e. The van der Waals surface area contributed by atoms with Crippen LogP contribution in [0.4, 0.5) is 5.69 Å². The molecule has 0 aliphatic carbocycles. The highest BCUT2D eigenvalue weighted by Crippen LogP contribution is 2.40. The van der Waals surface area contributed by atoms with Crippen LogP contribution in [0, 0.1) is 11.3 Å². The molecule has 0 fully saturated rings. The summed E-state index contributed by atoms with van der Waals surface area (Å²) in [6, 6.07) is 15.1. The third-order valence-electron chi connectivity index (χ3n) is 3.55. The number of fused-ring (bicyclic) bond motifs is 1. The van der Waals surface area contributed by atoms with Gasteiger partial charge in [0.05, 0.1) is 29.1 Å². The lowest BCUT2D eigenvalue weighted by Gasteiger charge is -2.32. The van der Waals surface area contributed by atoms with E-state index in [1.165, 1.54) is 11.8 Å². The van der Waals surface area contributed by atoms with E-state index in [1.807, 2.05) is 37.3 Å². The molecule has 0 aromatic heterocycles. The maximum Gasteiger partial charge on any atom is 0.240 e. The molecule has 0 saturated carbocycles. The van der Waals surface area contributed by atoms with Crippen LogP contribution in [-0.2, 0) is 11.3 Å². The molecule has 5 heteroatoms. The second kappa shape index (κ2) is 6.04. The number of anilines is 1. The van der Waals surface area contributed by atoms with Crippen LogP contribution < -0.4 is 4.90 Å². The molecule has 1 heterocycles. The highest BCUT2D eigenvalue weighted by atomic mass is 35.5. The normalized spacial score (nSPS) is 17.0. The Morgan fingerprint density at radius 3 is 2.68 bits per heavy atom. The Kier molecular flexibility index (Phi) is 4.10. The van der Waals surface area contributed by atoms with Crippen molar-refractivity contribution in [3.05, 3.63) is 58.6 Å². The van der Waals surface area contributed by atoms with Crippen molar-refractivity contribution in [2.24, 2.45) is 0 Å². The first-order valence-electron chi connectivity index (χ1n) is 6.85. The summed E-state index contributed by atoms with van der Waals surface area (Å²) in [5.74, 6) is 0.0579. The third kappa shape index (κ3) is 2.83. The number of rotatable bonds is 2. The number of nitriles is 1. The van der Waals surface area contributed by atoms with Crippen LogP contribution >= 0.6 is 23.4 Å². The number of thioether (sulfide) groups is 1. The van der Waals surface area contributed by atoms with Crippen molar-refractivity contribution < 1.29 is 4.79 Å². The van der Waals surface area contributed by atoms with Crippen LogP contribution in [0.2, 0.25) is 5.02 Å². The number of carbonyl (C=O) groups excluding carboxylic acids is 1. The Bertz CT molecular complexity index is 767. The van der Waals surface area contributed by atoms with E-state index >= 15 is 0 Å². The van der Waals surface area contributed by atoms with Crippen molar-refractivity contribution in [3.8, 4) is 6.07 Å². The maximum absolute atomic E-state index is 12.6. The Labute approximate surface area is 138 Å². The smallest absolute Gasteiger partial charge is 0.240 e. The summed E-state index contributed by atoms with van der Waals surface area (Å²) in [6.07, 6.45) is 0. The molecule has 3 nitrogen and oxygen atoms in total. The summed E-state index contributed by atoms with van der Waals surface area (Å²) in [4.78, 5) is 15.3. The molecule has 1 aliphatic heterocycles. The Morgan fingerprint density at radius 1 is 1.27 bits per heavy atom. The van der Waals surface area contributed by atoms with Crippen molar-refractivity contribution in [1.82, 2.24) is 0 Å². The average Bonchev–Trinajstić information content (AvgIpc) is 2.53. The van der Waals surface area contributed by atoms with Gasteiger partial charge >= 0.3 is 0 Å². The Balaban J connectivity index is 2.00. The number of hydrogen-bond acceptors (Lipinski definition) is 3. The topological polar surface area (TPSA) is 44.1 Å². The highest BCUT2D eigenvalue weighted by Gasteiger charge is 2.30. The molecule has 1 amide bonds. The number of hydrogen-bond donors (Lipinski definition) is 0. The maximum atomic E-state index is 12.6. The molecular formula is C17H13ClN2OS. The number of benzene rings is 2. The number of carbonyl (C=O) groups is 1. The van der Waals surface area contributed by atoms with Gasteiger partial charge in [-0.1, -0.05) is 23.7 Å². The van der Waals surface area contributed by atoms with E-state index < -0.39 is 0 Å². The van der Waals surface area contributed by atoms with Crippen LogP contribution in [0.1, 0.15) is 18.1 Å². The molecular weight excluding hydrogens is 316 g/mol. The second-order valence-electron chi connectivity index (χ2n) is 5.11. The van der Waals surface area contributed by atoms with E-state index in [9.17, 15) is 4.79 Å². The van der Waals surface area contributed by atoms with Gasteiger partial charge in [-0.25, -0.2) is 0 Å². The summed E-state index contributed by atoms with van der Waals surface area (Å²) >= 11 is 7.44. The lowest BCUT2D eigenvalue weighted by molar-refractivity contribution is -0.118. The molecule has 110 valence electrons. The van der Waals surface area contributed by atoms with E-state index in [0.717, 1.165) is 16.1 Å². The Hall–Kier alpha value is -1.96. The average molecular weight is 329 g/mol. The third-order valence-corrected chi connectivity index (χ3v) is 4.96. The lowest BCUT2D eigenvalue weighted by atomic mass is 10.1. The molecule has 0 bridgehead atoms. The van der Waals surface area contributed by atoms with Gasteiger partial charge in [0.15, 0.2) is 0 Å². The van der Waals surface area contributed by atoms with E-state index in [-0.39, 0.29) is 11.2 Å². The summed E-state index contributed by atoms with van der Waals surface area (Å²) in [6.45, 7) is 2.38. The first kappa shape index (κ1) is 15.0. The van der Waals surface area contributed by atoms with Gasteiger partial charge in [-0.2, -0.15) is 5.26 Å². The fourth-order valence-corrected chi connectivity index (χ4v) is 3.58. The van der Waals surface area contributed by atoms with Crippen LogP contribution in [0.25, 0.3) is 0 Å². The van der Waals surface area contributed by atoms with Crippen molar-refractivity contribution in [2.75, 3.05) is 4.90 Å². The zero-order valence-corrected chi connectivity index (χ0v) is 13.5. The quantitative estimate of drug-likeness (QED) is 0.828. The van der Waals surface area contributed by atoms with Crippen molar-refractivity contribution in [2.45, 2.75) is 23.6 Å². The molecule has 22 heavy (non-hydrogen) atoms. The van der Waals surface area contributed by atoms with E-state index in [0.29, 0.717) is 17.1 Å². The predicted octanol–water partition coefficient (Wildman–Crippen LogP) is 4.24. The van der Waals surface area contributed by atoms with Crippen LogP contribution in [-0.4, -0.2) is 11.2 Å². The molecule has 2 aromatic carbocycles. The minimum atomic E-state index is -0.132. The SMILES string of the molecule is CC1Sc2ccc(C#N)cc2N(Cc2ccc(Cl)cc2)C1=O. The number of halogens is 1. The van der Waals surface area contributed by atoms with Gasteiger partial charge in [-0.3, -0.25) is 4.79 Å². The molecule has 3 rings (SSSR count). The summed E-state index contributed by atoms with van der Waals surface area (Å²) in [5, 5.41) is 9.63. The first-order valence-corrected chi connectivity index (χ1v) is 8.11. The standard InChI is InChI=1S/C17H13ClN2OS/c1-11-17(21)20(10-12-2-5-14(18)6-3-12)15-8-13(9-19)4-7-16(15)22-11/h2-8,11H,10H2,1H3. The number of amides is 1. The van der Waals surface area contributed by atoms with E-state index in [1.54, 1.807) is 17.0 Å². The van der Waals surface area contributed by atoms with Crippen molar-refractivity contribution >= 4 is 35.0 Å². The summed E-state index contributed by atoms with van der Waals surface area (Å²) in [7, 11) is 0. The minimum absolute atomic E-state index is 0.0579. The molecule has 2 aromatic rings. The Morgan fingerprint density at radius 2 is 2.00 bits per heavy atom. The monoisotopic (exact) mass is 328 g/mol. The fraction of sp³-hybridized carbons (Fsp3) is 0.176. The van der Waals surface area contributed by atoms with E-state index in [2.05, 4.69) is 6.07 Å². The molecule has 1 atom stereocenters. The summed E-state index contributed by atoms with van der Waals surface area (Å²) < 4.78 is 0. The predicted molar refractivity (Wildman–Crippen MR) is 89.1 cm³/mol. The van der Waals surface area contributed by atoms with Gasteiger partial charge in [0.1, 0.15) is 0 Å². The second-order valence-corrected chi connectivity index (χ2v) is 6.92. The lowest BCUT2D eigenvalue weighted by Crippen LogP contribution is -2.39. The molecule has 0 saturated heterocycles. The number of nitrogens with zero attached hydrogens (tertiary/aromatic N) is 2. The zero-order chi connectivity index (χ0) is 15.7. The first-order chi connectivity index (χ1) is 10.6. The van der Waals surface area contributed by atoms with E-state index in [4.69, 9.17) is 16.9 Å². The zero-order valence-electron chi connectivity index (χ0n) is 11.9. The summed E-state index contributed by atoms with van der Waals surface area (Å²) in [5.41, 5.74) is 2.37. The van der Waals surface area contributed by atoms with Gasteiger partial charge < -0.3 is 4.90 Å². The van der Waals surface area contributed by atoms with Gasteiger partial charge in [-0.05, 0) is 42.8 Å². The highest BCUT2D eigenvalue weighted by molar-refractivity contribution is 8.00. The molecule has 0 spiro atoms. The van der Waals surface area contributed by atoms with Gasteiger partial charge in [0.25, 0.3) is 0 Å². The van der Waals surface area contributed by atoms with Gasteiger partial charge in [0, 0.05) is 9.92 Å². The molecule has 1 unspecified atom stereocenters. The molecule has 1 aliphatic rings. The van der Waals surface area contributed by atoms with Gasteiger partial charge in [0.2, 0.25) is 5.91 Å². The van der Waals surface area contributed by atoms with Crippen molar-refractivity contribution in [3.63, 3.8) is 0 Å². The van der Waals surface area contributed by atoms with Crippen LogP contribution in [0.3, 0.4) is 0 Å². The molecule has 0 radical (unpaired) electrons. The van der Waals surface area contributed by atoms with Crippen molar-refractivity contribution in [1.29, 1.82) is 5.26 Å². The van der Waals surface area contributed by atoms with Gasteiger partial charge in [-0.15, -0.1) is 11.8 Å². The fourth-order valence-electron chi connectivity index (χ4n) is 2.41. The van der Waals surface area contributed by atoms with Crippen LogP contribution in [0.5, 0.6) is 0 Å². The van der Waals surface area contributed by atoms with Crippen LogP contribution in [0.15, 0.2) is 47.4 Å². The minimum Gasteiger partial charge on any atom is -0.306 e.